The van der Waals surface area contributed by atoms with Gasteiger partial charge in [-0.15, -0.1) is 0 Å². The highest BCUT2D eigenvalue weighted by Gasteiger charge is 2.21. The zero-order valence-electron chi connectivity index (χ0n) is 60.6. The minimum Gasteiger partial charge on any atom is -0.490 e. The SMILES string of the molecule is CCCCCCCCCCOc1ccc(-c2ncc(CCCCCCCCC)cn2)c(F)c1F.CCCCCCCCCc1cnc(-c2ccc(OCCCCCCC)c(F)c2F)nc1.CCCCCCCCCc1cnc(-c2ccc(OCCCCCCCC)c(F)c2F)nc1. The van der Waals surface area contributed by atoms with Crippen molar-refractivity contribution in [3.05, 3.63) is 125 Å². The molecule has 3 heterocycles. The Kier molecular flexibility index (Phi) is 46.2. The van der Waals surface area contributed by atoms with Crippen LogP contribution in [0.3, 0.4) is 0 Å². The van der Waals surface area contributed by atoms with Crippen LogP contribution in [-0.2, 0) is 19.3 Å². The number of ether oxygens (including phenoxy) is 3. The molecule has 0 amide bonds. The second-order valence-corrected chi connectivity index (χ2v) is 26.3. The average Bonchev–Trinajstić information content (AvgIpc) is 0.853. The minimum absolute atomic E-state index is 0.0419. The maximum atomic E-state index is 14.7. The minimum atomic E-state index is -0.971. The predicted molar refractivity (Wildman–Crippen MR) is 388 cm³/mol. The van der Waals surface area contributed by atoms with Gasteiger partial charge < -0.3 is 14.2 Å². The van der Waals surface area contributed by atoms with Crippen molar-refractivity contribution in [2.24, 2.45) is 0 Å². The van der Waals surface area contributed by atoms with Gasteiger partial charge >= 0.3 is 0 Å². The van der Waals surface area contributed by atoms with Gasteiger partial charge in [0.25, 0.3) is 0 Å². The van der Waals surface area contributed by atoms with E-state index in [1.165, 1.54) is 216 Å². The quantitative estimate of drug-likeness (QED) is 0.0273. The average molecular weight is 1350 g/mol. The molecule has 0 spiro atoms. The Labute approximate surface area is 581 Å². The van der Waals surface area contributed by atoms with Gasteiger partial charge in [0.2, 0.25) is 17.5 Å². The molecule has 0 saturated carbocycles. The van der Waals surface area contributed by atoms with E-state index >= 15 is 0 Å². The lowest BCUT2D eigenvalue weighted by molar-refractivity contribution is 0.285. The number of nitrogens with zero attached hydrogens (tertiary/aromatic N) is 6. The predicted octanol–water partition coefficient (Wildman–Crippen LogP) is 25.8. The largest absolute Gasteiger partial charge is 0.490 e. The van der Waals surface area contributed by atoms with Crippen molar-refractivity contribution in [2.45, 2.75) is 318 Å². The van der Waals surface area contributed by atoms with E-state index in [1.807, 2.05) is 0 Å². The topological polar surface area (TPSA) is 105 Å². The molecular weight excluding hydrogens is 1230 g/mol. The van der Waals surface area contributed by atoms with E-state index in [9.17, 15) is 26.3 Å². The molecule has 0 radical (unpaired) electrons. The van der Waals surface area contributed by atoms with Crippen LogP contribution in [-0.4, -0.2) is 49.7 Å². The van der Waals surface area contributed by atoms with E-state index in [2.05, 4.69) is 71.4 Å². The van der Waals surface area contributed by atoms with Gasteiger partial charge in [-0.05, 0) is 111 Å². The van der Waals surface area contributed by atoms with Gasteiger partial charge in [-0.2, -0.15) is 13.2 Å². The van der Waals surface area contributed by atoms with Crippen molar-refractivity contribution in [2.75, 3.05) is 19.8 Å². The molecule has 0 saturated heterocycles. The summed E-state index contributed by atoms with van der Waals surface area (Å²) in [6.07, 6.45) is 60.9. The molecule has 0 fully saturated rings. The molecule has 0 unspecified atom stereocenters. The highest BCUT2D eigenvalue weighted by Crippen LogP contribution is 2.32. The van der Waals surface area contributed by atoms with Crippen LogP contribution in [0.25, 0.3) is 34.2 Å². The summed E-state index contributed by atoms with van der Waals surface area (Å²) in [5.74, 6) is -5.30. The first-order chi connectivity index (χ1) is 47.5. The van der Waals surface area contributed by atoms with Crippen LogP contribution in [0, 0.1) is 34.9 Å². The molecule has 97 heavy (non-hydrogen) atoms. The summed E-state index contributed by atoms with van der Waals surface area (Å²) in [5, 5.41) is 0. The van der Waals surface area contributed by atoms with E-state index in [0.717, 1.165) is 113 Å². The van der Waals surface area contributed by atoms with Crippen LogP contribution >= 0.6 is 0 Å². The number of rotatable bonds is 52. The third-order valence-electron chi connectivity index (χ3n) is 17.7. The molecule has 0 aliphatic rings. The summed E-state index contributed by atoms with van der Waals surface area (Å²) in [4.78, 5) is 25.6. The summed E-state index contributed by atoms with van der Waals surface area (Å²) in [6, 6.07) is 8.92. The van der Waals surface area contributed by atoms with Gasteiger partial charge in [-0.1, -0.05) is 260 Å². The molecule has 0 atom stereocenters. The Hall–Kier alpha value is -6.12. The normalized spacial score (nSPS) is 11.1. The highest BCUT2D eigenvalue weighted by molar-refractivity contribution is 5.59. The first-order valence-electron chi connectivity index (χ1n) is 38.3. The summed E-state index contributed by atoms with van der Waals surface area (Å²) in [6.45, 7) is 14.4. The molecule has 3 aromatic carbocycles. The van der Waals surface area contributed by atoms with Crippen molar-refractivity contribution >= 4 is 0 Å². The van der Waals surface area contributed by atoms with Gasteiger partial charge in [-0.25, -0.2) is 43.1 Å². The number of unbranched alkanes of at least 4 members (excludes halogenated alkanes) is 34. The molecule has 0 aliphatic carbocycles. The van der Waals surface area contributed by atoms with Crippen LogP contribution < -0.4 is 14.2 Å². The molecule has 0 N–H and O–H groups in total. The summed E-state index contributed by atoms with van der Waals surface area (Å²) >= 11 is 0. The number of aromatic nitrogens is 6. The molecular formula is C82H122F6N6O3. The zero-order valence-corrected chi connectivity index (χ0v) is 60.6. The Balaban J connectivity index is 0.000000310. The van der Waals surface area contributed by atoms with Gasteiger partial charge in [-0.3, -0.25) is 0 Å². The van der Waals surface area contributed by atoms with Gasteiger partial charge in [0, 0.05) is 37.2 Å². The molecule has 6 rings (SSSR count). The molecule has 9 nitrogen and oxygen atoms in total. The smallest absolute Gasteiger partial charge is 0.201 e. The fourth-order valence-corrected chi connectivity index (χ4v) is 11.5. The number of hydrogen-bond acceptors (Lipinski definition) is 9. The summed E-state index contributed by atoms with van der Waals surface area (Å²) in [7, 11) is 0. The third-order valence-corrected chi connectivity index (χ3v) is 17.7. The maximum absolute atomic E-state index is 14.7. The second-order valence-electron chi connectivity index (χ2n) is 26.3. The van der Waals surface area contributed by atoms with Crippen molar-refractivity contribution in [3.63, 3.8) is 0 Å². The number of halogens is 6. The van der Waals surface area contributed by atoms with Crippen LogP contribution in [0.1, 0.15) is 315 Å². The zero-order chi connectivity index (χ0) is 69.8. The van der Waals surface area contributed by atoms with Crippen molar-refractivity contribution in [3.8, 4) is 51.4 Å². The van der Waals surface area contributed by atoms with Crippen LogP contribution in [0.15, 0.2) is 73.6 Å². The Bertz CT molecular complexity index is 2940. The number of hydrogen-bond donors (Lipinski definition) is 0. The van der Waals surface area contributed by atoms with Crippen molar-refractivity contribution < 1.29 is 40.6 Å². The monoisotopic (exact) mass is 1350 g/mol. The summed E-state index contributed by atoms with van der Waals surface area (Å²) < 4.78 is 104. The van der Waals surface area contributed by atoms with Gasteiger partial charge in [0.1, 0.15) is 0 Å². The number of aryl methyl sites for hydroxylation is 3. The molecule has 6 aromatic rings. The lowest BCUT2D eigenvalue weighted by Crippen LogP contribution is -2.03. The third kappa shape index (κ3) is 34.5. The maximum Gasteiger partial charge on any atom is 0.201 e. The van der Waals surface area contributed by atoms with Gasteiger partial charge in [0.15, 0.2) is 52.2 Å². The van der Waals surface area contributed by atoms with Gasteiger partial charge in [0.05, 0.1) is 36.5 Å². The highest BCUT2D eigenvalue weighted by atomic mass is 19.2. The Morgan fingerprint density at radius 2 is 0.412 bits per heavy atom. The van der Waals surface area contributed by atoms with E-state index in [4.69, 9.17) is 14.2 Å². The second kappa shape index (κ2) is 53.8. The summed E-state index contributed by atoms with van der Waals surface area (Å²) in [5.41, 5.74) is 3.29. The fourth-order valence-electron chi connectivity index (χ4n) is 11.5. The van der Waals surface area contributed by atoms with Crippen molar-refractivity contribution in [1.29, 1.82) is 0 Å². The molecule has 3 aromatic heterocycles. The lowest BCUT2D eigenvalue weighted by atomic mass is 10.1. The van der Waals surface area contributed by atoms with E-state index in [-0.39, 0.29) is 51.4 Å². The molecule has 540 valence electrons. The molecule has 0 aliphatic heterocycles. The van der Waals surface area contributed by atoms with Crippen LogP contribution in [0.5, 0.6) is 17.2 Å². The standard InChI is InChI=1S/C29H44F2N2O.C27H40F2N2O.C26H38F2N2O/c1-3-5-7-9-11-13-15-17-21-34-26-20-19-25(27(30)28(26)31)29-32-22-24(23-33-29)18-16-14-12-10-8-6-4-2;1-3-5-7-9-11-12-14-16-22-20-30-27(31-21-22)23-17-18-24(26(29)25(23)28)32-19-15-13-10-8-6-4-2;1-3-5-7-9-10-11-13-15-21-19-29-26(30-20-21)22-16-17-23(25(28)24(22)27)31-18-14-12-8-6-4-2/h19-20,22-23H,3-18,21H2,1-2H3;17-18,20-21H,3-16,19H2,1-2H3;16-17,19-20H,3-15,18H2,1-2H3. The number of benzene rings is 3. The van der Waals surface area contributed by atoms with E-state index < -0.39 is 34.9 Å². The van der Waals surface area contributed by atoms with Crippen molar-refractivity contribution in [1.82, 2.24) is 29.9 Å². The first kappa shape index (κ1) is 83.3. The van der Waals surface area contributed by atoms with E-state index in [0.29, 0.717) is 19.8 Å². The van der Waals surface area contributed by atoms with E-state index in [1.54, 1.807) is 37.2 Å². The Morgan fingerprint density at radius 1 is 0.227 bits per heavy atom. The van der Waals surface area contributed by atoms with Crippen LogP contribution in [0.4, 0.5) is 26.3 Å². The molecule has 0 bridgehead atoms. The fraction of sp³-hybridized carbons (Fsp3) is 0.634. The molecule has 15 heteroatoms. The first-order valence-corrected chi connectivity index (χ1v) is 38.3. The van der Waals surface area contributed by atoms with Crippen LogP contribution in [0.2, 0.25) is 0 Å². The lowest BCUT2D eigenvalue weighted by Gasteiger charge is -2.10. The Morgan fingerprint density at radius 3 is 0.619 bits per heavy atom.